The maximum atomic E-state index is 13.0. The lowest BCUT2D eigenvalue weighted by atomic mass is 10.1. The highest BCUT2D eigenvalue weighted by Crippen LogP contribution is 2.38. The molecule has 0 radical (unpaired) electrons. The number of carbonyl (C=O) groups excluding carboxylic acids is 1. The van der Waals surface area contributed by atoms with Crippen LogP contribution in [0.25, 0.3) is 0 Å². The lowest BCUT2D eigenvalue weighted by Crippen LogP contribution is -2.40. The van der Waals surface area contributed by atoms with E-state index < -0.39 is 29.0 Å². The Morgan fingerprint density at radius 3 is 2.74 bits per heavy atom. The van der Waals surface area contributed by atoms with Crippen LogP contribution in [0, 0.1) is 16.0 Å². The lowest BCUT2D eigenvalue weighted by molar-refractivity contribution is -0.386. The maximum Gasteiger partial charge on any atom is 0.410 e. The molecule has 8 nitrogen and oxygen atoms in total. The molecule has 0 saturated carbocycles. The Hall–Kier alpha value is -3.43. The summed E-state index contributed by atoms with van der Waals surface area (Å²) >= 11 is 0. The molecule has 2 atom stereocenters. The number of benzene rings is 2. The van der Waals surface area contributed by atoms with Crippen LogP contribution in [0.2, 0.25) is 0 Å². The third-order valence-electron chi connectivity index (χ3n) is 5.68. The van der Waals surface area contributed by atoms with Crippen LogP contribution >= 0.6 is 0 Å². The van der Waals surface area contributed by atoms with Crippen molar-refractivity contribution in [1.82, 2.24) is 4.90 Å². The van der Waals surface area contributed by atoms with Gasteiger partial charge in [-0.25, -0.2) is 4.79 Å². The van der Waals surface area contributed by atoms with Crippen LogP contribution in [0.5, 0.6) is 5.75 Å². The van der Waals surface area contributed by atoms with E-state index in [0.717, 1.165) is 24.1 Å². The van der Waals surface area contributed by atoms with Crippen LogP contribution < -0.4 is 9.64 Å². The minimum absolute atomic E-state index is 0.115. The summed E-state index contributed by atoms with van der Waals surface area (Å²) in [5.41, 5.74) is 0.683. The molecule has 0 N–H and O–H groups in total. The number of hydrogen-bond donors (Lipinski definition) is 0. The number of hydrogen-bond acceptors (Lipinski definition) is 6. The summed E-state index contributed by atoms with van der Waals surface area (Å²) in [6.45, 7) is -2.58. The molecule has 2 aliphatic rings. The highest BCUT2D eigenvalue weighted by Gasteiger charge is 2.44. The fourth-order valence-corrected chi connectivity index (χ4v) is 4.22. The van der Waals surface area contributed by atoms with Gasteiger partial charge in [-0.15, -0.1) is 0 Å². The minimum atomic E-state index is -4.30. The zero-order chi connectivity index (χ0) is 22.9. The highest BCUT2D eigenvalue weighted by atomic mass is 19.3. The number of rotatable bonds is 6. The molecule has 1 amide bonds. The summed E-state index contributed by atoms with van der Waals surface area (Å²) in [6.07, 6.45) is 0.354. The van der Waals surface area contributed by atoms with Crippen LogP contribution in [0.3, 0.4) is 0 Å². The number of nitro groups is 1. The molecule has 2 aromatic carbocycles. The smallest absolute Gasteiger partial charge is 0.410 e. The van der Waals surface area contributed by atoms with E-state index in [-0.39, 0.29) is 18.6 Å². The topological polar surface area (TPSA) is 85.2 Å². The number of nitro benzene ring substituents is 1. The molecule has 164 valence electrons. The van der Waals surface area contributed by atoms with Gasteiger partial charge in [-0.2, -0.15) is 8.78 Å². The number of amides is 1. The van der Waals surface area contributed by atoms with E-state index in [9.17, 15) is 23.7 Å². The summed E-state index contributed by atoms with van der Waals surface area (Å²) in [4.78, 5) is 26.5. The van der Waals surface area contributed by atoms with Gasteiger partial charge < -0.3 is 19.3 Å². The number of carbonyl (C=O) groups is 1. The molecule has 2 unspecified atom stereocenters. The Morgan fingerprint density at radius 1 is 1.26 bits per heavy atom. The van der Waals surface area contributed by atoms with Crippen molar-refractivity contribution in [3.05, 3.63) is 64.2 Å². The van der Waals surface area contributed by atoms with Crippen molar-refractivity contribution < 1.29 is 29.3 Å². The number of halogens is 2. The first-order chi connectivity index (χ1) is 15.2. The second-order valence-corrected chi connectivity index (χ2v) is 7.49. The molecule has 10 heteroatoms. The maximum absolute atomic E-state index is 13.0. The molecule has 2 aliphatic heterocycles. The van der Waals surface area contributed by atoms with Crippen molar-refractivity contribution in [2.45, 2.75) is 25.7 Å². The van der Waals surface area contributed by atoms with E-state index in [4.69, 9.17) is 6.11 Å². The van der Waals surface area contributed by atoms with Crippen LogP contribution in [-0.4, -0.2) is 48.2 Å². The largest absolute Gasteiger partial charge is 0.445 e. The predicted octanol–water partition coefficient (Wildman–Crippen LogP) is 4.04. The second-order valence-electron chi connectivity index (χ2n) is 7.49. The SMILES string of the molecule is [2H]C(F)(F)Oc1cc(N2CC3CCN(C(=O)OCc4ccccc4)C3C2)ccc1[N+](=O)[O-]. The van der Waals surface area contributed by atoms with E-state index in [1.165, 1.54) is 6.07 Å². The number of alkyl halides is 2. The van der Waals surface area contributed by atoms with Crippen LogP contribution in [0.4, 0.5) is 25.0 Å². The average Bonchev–Trinajstić information content (AvgIpc) is 3.32. The van der Waals surface area contributed by atoms with Gasteiger partial charge in [-0.1, -0.05) is 30.3 Å². The number of anilines is 1. The molecular formula is C21H21F2N3O5. The Balaban J connectivity index is 1.45. The monoisotopic (exact) mass is 434 g/mol. The van der Waals surface area contributed by atoms with Gasteiger partial charge in [0.15, 0.2) is 1.37 Å². The molecular weight excluding hydrogens is 412 g/mol. The van der Waals surface area contributed by atoms with Crippen LogP contribution in [0.1, 0.15) is 13.4 Å². The molecule has 0 aliphatic carbocycles. The average molecular weight is 434 g/mol. The van der Waals surface area contributed by atoms with Gasteiger partial charge in [0, 0.05) is 43.4 Å². The van der Waals surface area contributed by atoms with Crippen LogP contribution in [-0.2, 0) is 11.3 Å². The third kappa shape index (κ3) is 4.52. The third-order valence-corrected chi connectivity index (χ3v) is 5.68. The normalized spacial score (nSPS) is 20.9. The number of ether oxygens (including phenoxy) is 2. The summed E-state index contributed by atoms with van der Waals surface area (Å²) in [6, 6.07) is 12.9. The standard InChI is InChI=1S/C21H21F2N3O5/c22-20(23)31-19-10-16(6-7-17(19)26(28)29)24-11-15-8-9-25(18(15)12-24)21(27)30-13-14-4-2-1-3-5-14/h1-7,10,15,18,20H,8-9,11-13H2/i20D. The molecule has 2 saturated heterocycles. The van der Waals surface area contributed by atoms with Gasteiger partial charge >= 0.3 is 18.4 Å². The highest BCUT2D eigenvalue weighted by molar-refractivity contribution is 5.69. The van der Waals surface area contributed by atoms with E-state index in [2.05, 4.69) is 4.74 Å². The zero-order valence-electron chi connectivity index (χ0n) is 17.4. The quantitative estimate of drug-likeness (QED) is 0.504. The Labute approximate surface area is 178 Å². The summed E-state index contributed by atoms with van der Waals surface area (Å²) < 4.78 is 42.3. The van der Waals surface area contributed by atoms with Gasteiger partial charge in [0.2, 0.25) is 5.75 Å². The van der Waals surface area contributed by atoms with Crippen molar-refractivity contribution in [2.75, 3.05) is 24.5 Å². The van der Waals surface area contributed by atoms with Crippen LogP contribution in [0.15, 0.2) is 48.5 Å². The Bertz CT molecular complexity index is 1000. The van der Waals surface area contributed by atoms with Gasteiger partial charge in [-0.05, 0) is 18.1 Å². The zero-order valence-corrected chi connectivity index (χ0v) is 16.4. The van der Waals surface area contributed by atoms with Crippen molar-refractivity contribution in [3.63, 3.8) is 0 Å². The number of likely N-dealkylation sites (tertiary alicyclic amines) is 1. The molecule has 4 rings (SSSR count). The van der Waals surface area contributed by atoms with Crippen molar-refractivity contribution in [1.29, 1.82) is 0 Å². The Morgan fingerprint density at radius 2 is 2.03 bits per heavy atom. The van der Waals surface area contributed by atoms with E-state index in [0.29, 0.717) is 25.3 Å². The predicted molar refractivity (Wildman–Crippen MR) is 107 cm³/mol. The summed E-state index contributed by atoms with van der Waals surface area (Å²) in [5, 5.41) is 11.1. The second kappa shape index (κ2) is 8.75. The van der Waals surface area contributed by atoms with Gasteiger partial charge in [0.1, 0.15) is 6.61 Å². The fraction of sp³-hybridized carbons (Fsp3) is 0.381. The van der Waals surface area contributed by atoms with E-state index >= 15 is 0 Å². The molecule has 31 heavy (non-hydrogen) atoms. The molecule has 0 bridgehead atoms. The van der Waals surface area contributed by atoms with Gasteiger partial charge in [0.25, 0.3) is 0 Å². The molecule has 2 fully saturated rings. The summed E-state index contributed by atoms with van der Waals surface area (Å²) in [5.74, 6) is -0.514. The van der Waals surface area contributed by atoms with E-state index in [1.54, 1.807) is 4.90 Å². The number of nitrogens with zero attached hydrogens (tertiary/aromatic N) is 3. The van der Waals surface area contributed by atoms with Crippen molar-refractivity contribution >= 4 is 17.5 Å². The van der Waals surface area contributed by atoms with Crippen molar-refractivity contribution in [2.24, 2.45) is 5.92 Å². The minimum Gasteiger partial charge on any atom is -0.445 e. The van der Waals surface area contributed by atoms with E-state index in [1.807, 2.05) is 35.2 Å². The molecule has 0 spiro atoms. The molecule has 0 aromatic heterocycles. The first-order valence-corrected chi connectivity index (χ1v) is 9.79. The molecule has 2 aromatic rings. The van der Waals surface area contributed by atoms with Crippen molar-refractivity contribution in [3.8, 4) is 5.75 Å². The van der Waals surface area contributed by atoms with Gasteiger partial charge in [-0.3, -0.25) is 10.1 Å². The number of fused-ring (bicyclic) bond motifs is 1. The summed E-state index contributed by atoms with van der Waals surface area (Å²) in [7, 11) is 0. The Kier molecular flexibility index (Phi) is 5.51. The molecule has 2 heterocycles. The fourth-order valence-electron chi connectivity index (χ4n) is 4.22. The first kappa shape index (κ1) is 19.5. The lowest BCUT2D eigenvalue weighted by Gasteiger charge is -2.25. The first-order valence-electron chi connectivity index (χ1n) is 10.3. The van der Waals surface area contributed by atoms with Gasteiger partial charge in [0.05, 0.1) is 11.0 Å².